The number of anilines is 1. The SMILES string of the molecule is Cc1cccc(N2CCN(CC(=O)c3ccc(F)cc3)CC2)c1. The van der Waals surface area contributed by atoms with Crippen molar-refractivity contribution in [2.45, 2.75) is 6.92 Å². The van der Waals surface area contributed by atoms with Crippen molar-refractivity contribution in [3.8, 4) is 0 Å². The van der Waals surface area contributed by atoms with Gasteiger partial charge in [-0.2, -0.15) is 0 Å². The molecule has 2 aromatic rings. The minimum Gasteiger partial charge on any atom is -0.369 e. The molecule has 1 aliphatic rings. The van der Waals surface area contributed by atoms with Gasteiger partial charge >= 0.3 is 0 Å². The van der Waals surface area contributed by atoms with Gasteiger partial charge in [-0.25, -0.2) is 4.39 Å². The number of ketones is 1. The number of nitrogens with zero attached hydrogens (tertiary/aromatic N) is 2. The number of hydrogen-bond donors (Lipinski definition) is 0. The summed E-state index contributed by atoms with van der Waals surface area (Å²) < 4.78 is 12.9. The van der Waals surface area contributed by atoms with Gasteiger partial charge in [-0.1, -0.05) is 12.1 Å². The van der Waals surface area contributed by atoms with E-state index in [-0.39, 0.29) is 11.6 Å². The summed E-state index contributed by atoms with van der Waals surface area (Å²) in [5.41, 5.74) is 3.08. The summed E-state index contributed by atoms with van der Waals surface area (Å²) in [4.78, 5) is 16.8. The maximum atomic E-state index is 12.9. The lowest BCUT2D eigenvalue weighted by Gasteiger charge is -2.35. The third kappa shape index (κ3) is 3.96. The van der Waals surface area contributed by atoms with Gasteiger partial charge in [0.1, 0.15) is 5.82 Å². The Morgan fingerprint density at radius 2 is 1.74 bits per heavy atom. The van der Waals surface area contributed by atoms with Gasteiger partial charge in [0.15, 0.2) is 5.78 Å². The number of hydrogen-bond acceptors (Lipinski definition) is 3. The van der Waals surface area contributed by atoms with Gasteiger partial charge < -0.3 is 4.90 Å². The largest absolute Gasteiger partial charge is 0.369 e. The highest BCUT2D eigenvalue weighted by Gasteiger charge is 2.19. The molecule has 23 heavy (non-hydrogen) atoms. The van der Waals surface area contributed by atoms with Crippen molar-refractivity contribution in [2.24, 2.45) is 0 Å². The highest BCUT2D eigenvalue weighted by Crippen LogP contribution is 2.18. The molecule has 4 heteroatoms. The third-order valence-electron chi connectivity index (χ3n) is 4.27. The Morgan fingerprint density at radius 3 is 2.39 bits per heavy atom. The maximum absolute atomic E-state index is 12.9. The first-order valence-electron chi connectivity index (χ1n) is 7.94. The molecule has 0 saturated carbocycles. The molecule has 0 aromatic heterocycles. The predicted molar refractivity (Wildman–Crippen MR) is 90.6 cm³/mol. The molecule has 1 heterocycles. The van der Waals surface area contributed by atoms with Gasteiger partial charge in [-0.15, -0.1) is 0 Å². The summed E-state index contributed by atoms with van der Waals surface area (Å²) in [6, 6.07) is 14.3. The van der Waals surface area contributed by atoms with Crippen molar-refractivity contribution in [2.75, 3.05) is 37.6 Å². The molecule has 120 valence electrons. The van der Waals surface area contributed by atoms with Crippen molar-refractivity contribution in [3.05, 3.63) is 65.5 Å². The summed E-state index contributed by atoms with van der Waals surface area (Å²) in [7, 11) is 0. The molecule has 0 atom stereocenters. The lowest BCUT2D eigenvalue weighted by Crippen LogP contribution is -2.48. The van der Waals surface area contributed by atoms with E-state index in [1.807, 2.05) is 0 Å². The number of carbonyl (C=O) groups is 1. The van der Waals surface area contributed by atoms with Crippen molar-refractivity contribution in [1.82, 2.24) is 4.90 Å². The Kier molecular flexibility index (Phi) is 4.72. The average Bonchev–Trinajstić information content (AvgIpc) is 2.56. The summed E-state index contributed by atoms with van der Waals surface area (Å²) in [5, 5.41) is 0. The van der Waals surface area contributed by atoms with Crippen LogP contribution in [0.15, 0.2) is 48.5 Å². The lowest BCUT2D eigenvalue weighted by atomic mass is 10.1. The number of Topliss-reactive ketones (excluding diaryl/α,β-unsaturated/α-hetero) is 1. The number of aryl methyl sites for hydroxylation is 1. The zero-order valence-corrected chi connectivity index (χ0v) is 13.3. The Labute approximate surface area is 136 Å². The van der Waals surface area contributed by atoms with Gasteiger partial charge in [0.2, 0.25) is 0 Å². The molecule has 3 rings (SSSR count). The first-order chi connectivity index (χ1) is 11.1. The van der Waals surface area contributed by atoms with Crippen LogP contribution in [0.5, 0.6) is 0 Å². The molecule has 0 radical (unpaired) electrons. The van der Waals surface area contributed by atoms with Crippen molar-refractivity contribution < 1.29 is 9.18 Å². The number of halogens is 1. The van der Waals surface area contributed by atoms with Crippen LogP contribution in [-0.4, -0.2) is 43.4 Å². The highest BCUT2D eigenvalue weighted by molar-refractivity contribution is 5.97. The second kappa shape index (κ2) is 6.92. The number of carbonyl (C=O) groups excluding carboxylic acids is 1. The molecule has 2 aromatic carbocycles. The van der Waals surface area contributed by atoms with Crippen LogP contribution in [-0.2, 0) is 0 Å². The second-order valence-electron chi connectivity index (χ2n) is 6.03. The predicted octanol–water partition coefficient (Wildman–Crippen LogP) is 3.14. The van der Waals surface area contributed by atoms with Crippen molar-refractivity contribution >= 4 is 11.5 Å². The van der Waals surface area contributed by atoms with Crippen molar-refractivity contribution in [1.29, 1.82) is 0 Å². The maximum Gasteiger partial charge on any atom is 0.176 e. The summed E-state index contributed by atoms with van der Waals surface area (Å²) in [6.45, 7) is 6.05. The first-order valence-corrected chi connectivity index (χ1v) is 7.94. The van der Waals surface area contributed by atoms with Gasteiger partial charge in [0, 0.05) is 37.4 Å². The van der Waals surface area contributed by atoms with Crippen LogP contribution in [0, 0.1) is 12.7 Å². The van der Waals surface area contributed by atoms with E-state index in [2.05, 4.69) is 41.0 Å². The summed E-state index contributed by atoms with van der Waals surface area (Å²) >= 11 is 0. The minimum absolute atomic E-state index is 0.0500. The van der Waals surface area contributed by atoms with E-state index in [1.165, 1.54) is 23.4 Å². The van der Waals surface area contributed by atoms with Crippen LogP contribution >= 0.6 is 0 Å². The number of rotatable bonds is 4. The van der Waals surface area contributed by atoms with E-state index in [1.54, 1.807) is 12.1 Å². The second-order valence-corrected chi connectivity index (χ2v) is 6.03. The number of piperazine rings is 1. The van der Waals surface area contributed by atoms with Gasteiger partial charge in [0.05, 0.1) is 6.54 Å². The molecular weight excluding hydrogens is 291 g/mol. The van der Waals surface area contributed by atoms with Gasteiger partial charge in [-0.3, -0.25) is 9.69 Å². The highest BCUT2D eigenvalue weighted by atomic mass is 19.1. The van der Waals surface area contributed by atoms with Crippen LogP contribution in [0.25, 0.3) is 0 Å². The minimum atomic E-state index is -0.312. The Hall–Kier alpha value is -2.20. The topological polar surface area (TPSA) is 23.6 Å². The van der Waals surface area contributed by atoms with Crippen LogP contribution in [0.1, 0.15) is 15.9 Å². The fourth-order valence-corrected chi connectivity index (χ4v) is 2.92. The molecule has 0 amide bonds. The van der Waals surface area contributed by atoms with E-state index in [4.69, 9.17) is 0 Å². The van der Waals surface area contributed by atoms with Crippen LogP contribution in [0.4, 0.5) is 10.1 Å². The summed E-state index contributed by atoms with van der Waals surface area (Å²) in [6.07, 6.45) is 0. The molecular formula is C19H21FN2O. The van der Waals surface area contributed by atoms with Crippen LogP contribution in [0.2, 0.25) is 0 Å². The third-order valence-corrected chi connectivity index (χ3v) is 4.27. The average molecular weight is 312 g/mol. The van der Waals surface area contributed by atoms with E-state index < -0.39 is 0 Å². The Morgan fingerprint density at radius 1 is 1.04 bits per heavy atom. The van der Waals surface area contributed by atoms with Crippen LogP contribution in [0.3, 0.4) is 0 Å². The monoisotopic (exact) mass is 312 g/mol. The van der Waals surface area contributed by atoms with E-state index in [9.17, 15) is 9.18 Å². The molecule has 0 aliphatic carbocycles. The van der Waals surface area contributed by atoms with E-state index >= 15 is 0 Å². The molecule has 1 fully saturated rings. The smallest absolute Gasteiger partial charge is 0.176 e. The standard InChI is InChI=1S/C19H21FN2O/c1-15-3-2-4-18(13-15)22-11-9-21(10-12-22)14-19(23)16-5-7-17(20)8-6-16/h2-8,13H,9-12,14H2,1H3. The molecule has 0 bridgehead atoms. The quantitative estimate of drug-likeness (QED) is 0.810. The zero-order valence-electron chi connectivity index (χ0n) is 13.3. The molecule has 1 saturated heterocycles. The number of benzene rings is 2. The van der Waals surface area contributed by atoms with Gasteiger partial charge in [0.25, 0.3) is 0 Å². The van der Waals surface area contributed by atoms with E-state index in [0.29, 0.717) is 12.1 Å². The van der Waals surface area contributed by atoms with Crippen LogP contribution < -0.4 is 4.90 Å². The first kappa shape index (κ1) is 15.7. The molecule has 3 nitrogen and oxygen atoms in total. The normalized spacial score (nSPS) is 15.7. The van der Waals surface area contributed by atoms with E-state index in [0.717, 1.165) is 26.2 Å². The van der Waals surface area contributed by atoms with Crippen molar-refractivity contribution in [3.63, 3.8) is 0 Å². The van der Waals surface area contributed by atoms with Gasteiger partial charge in [-0.05, 0) is 48.9 Å². The Balaban J connectivity index is 1.55. The molecule has 1 aliphatic heterocycles. The lowest BCUT2D eigenvalue weighted by molar-refractivity contribution is 0.0926. The summed E-state index contributed by atoms with van der Waals surface area (Å²) in [5.74, 6) is -0.262. The fourth-order valence-electron chi connectivity index (χ4n) is 2.92. The molecule has 0 spiro atoms. The molecule has 0 N–H and O–H groups in total. The Bertz CT molecular complexity index is 676. The fraction of sp³-hybridized carbons (Fsp3) is 0.316. The zero-order chi connectivity index (χ0) is 16.2. The molecule has 0 unspecified atom stereocenters.